The van der Waals surface area contributed by atoms with Gasteiger partial charge in [-0.15, -0.1) is 0 Å². The minimum absolute atomic E-state index is 0.121. The molecule has 0 aliphatic carbocycles. The van der Waals surface area contributed by atoms with Gasteiger partial charge in [0.25, 0.3) is 0 Å². The smallest absolute Gasteiger partial charge is 0.224 e. The molecular weight excluding hydrogens is 336 g/mol. The predicted molar refractivity (Wildman–Crippen MR) is 83.8 cm³/mol. The van der Waals surface area contributed by atoms with Gasteiger partial charge in [-0.2, -0.15) is 0 Å². The molecule has 0 aromatic rings. The molecular formula is C16H26O9. The number of aliphatic hydroxyl groups excluding tert-OH is 4. The summed E-state index contributed by atoms with van der Waals surface area (Å²) in [5, 5.41) is 58.4. The van der Waals surface area contributed by atoms with E-state index >= 15 is 0 Å². The van der Waals surface area contributed by atoms with Crippen LogP contribution in [0.4, 0.5) is 0 Å². The minimum atomic E-state index is -2.88. The summed E-state index contributed by atoms with van der Waals surface area (Å²) in [5.74, 6) is -1.16. The first kappa shape index (κ1) is 15.1. The number of hydrogen-bond acceptors (Lipinski definition) is 9. The molecule has 0 saturated carbocycles. The molecule has 1 fully saturated rings. The maximum Gasteiger partial charge on any atom is 0.224 e. The van der Waals surface area contributed by atoms with Gasteiger partial charge in [-0.1, -0.05) is 6.08 Å². The Morgan fingerprint density at radius 1 is 1.20 bits per heavy atom. The molecule has 1 unspecified atom stereocenters. The highest BCUT2D eigenvalue weighted by Gasteiger charge is 2.46. The van der Waals surface area contributed by atoms with E-state index in [0.29, 0.717) is 0 Å². The first-order valence-electron chi connectivity index (χ1n) is 9.73. The van der Waals surface area contributed by atoms with Gasteiger partial charge in [0.2, 0.25) is 6.29 Å². The summed E-state index contributed by atoms with van der Waals surface area (Å²) in [6.07, 6.45) is -7.53. The molecule has 9 nitrogen and oxygen atoms in total. The average Bonchev–Trinajstić information content (AvgIpc) is 2.60. The molecule has 2 rings (SSSR count). The van der Waals surface area contributed by atoms with Crippen molar-refractivity contribution < 1.29 is 50.3 Å². The molecule has 9 heteroatoms. The second-order valence-electron chi connectivity index (χ2n) is 5.69. The number of ether oxygens (including phenoxy) is 3. The standard InChI is InChI=1S/C16H26O9/c1-2-9-10(3-4-17)8(5-18)7-23-15(9)25-16-14(22)13(21)12(20)11(6-19)24-16/h2,7,10-22H,3-6H2,1H3/b9-2+/t10-,11-,12-,13+,14-,15+,16?/m1/s1/i4D2,5D2. The normalized spacial score (nSPS) is 44.2. The molecule has 2 aliphatic rings. The van der Waals surface area contributed by atoms with Gasteiger partial charge in [-0.3, -0.25) is 0 Å². The predicted octanol–water partition coefficient (Wildman–Crippen LogP) is -2.02. The Morgan fingerprint density at radius 2 is 1.92 bits per heavy atom. The van der Waals surface area contributed by atoms with E-state index in [-0.39, 0.29) is 11.1 Å². The molecule has 0 radical (unpaired) electrons. The SMILES string of the molecule is [2H]C([2H])(O)C[C@@H]1C(C([2H])([2H])O)=CO[C@@H](OC2O[C@H](CO)[C@@H](O)[C@H](O)[C@H]2O)/C1=C/C. The van der Waals surface area contributed by atoms with Crippen LogP contribution in [0.3, 0.4) is 0 Å². The second-order valence-corrected chi connectivity index (χ2v) is 5.69. The molecule has 2 heterocycles. The molecule has 144 valence electrons. The quantitative estimate of drug-likeness (QED) is 0.293. The van der Waals surface area contributed by atoms with Crippen LogP contribution in [-0.4, -0.2) is 87.4 Å². The van der Waals surface area contributed by atoms with Gasteiger partial charge in [0, 0.05) is 18.0 Å². The van der Waals surface area contributed by atoms with Gasteiger partial charge < -0.3 is 44.8 Å². The molecule has 2 aliphatic heterocycles. The van der Waals surface area contributed by atoms with Crippen molar-refractivity contribution >= 4 is 0 Å². The third-order valence-corrected chi connectivity index (χ3v) is 4.23. The number of allylic oxidation sites excluding steroid dienone is 1. The summed E-state index contributed by atoms with van der Waals surface area (Å²) in [4.78, 5) is 0. The van der Waals surface area contributed by atoms with Gasteiger partial charge in [-0.05, 0) is 18.9 Å². The van der Waals surface area contributed by atoms with Gasteiger partial charge >= 0.3 is 0 Å². The lowest BCUT2D eigenvalue weighted by atomic mass is 9.87. The van der Waals surface area contributed by atoms with Crippen LogP contribution in [0, 0.1) is 5.92 Å². The molecule has 6 N–H and O–H groups in total. The zero-order valence-electron chi connectivity index (χ0n) is 17.5. The lowest BCUT2D eigenvalue weighted by Gasteiger charge is -2.42. The first-order chi connectivity index (χ1) is 13.3. The number of hydrogen-bond donors (Lipinski definition) is 6. The van der Waals surface area contributed by atoms with E-state index < -0.39 is 69.1 Å². The zero-order chi connectivity index (χ0) is 22.1. The monoisotopic (exact) mass is 366 g/mol. The van der Waals surface area contributed by atoms with Crippen molar-refractivity contribution in [2.45, 2.75) is 50.3 Å². The molecule has 25 heavy (non-hydrogen) atoms. The Hall–Kier alpha value is -1.04. The van der Waals surface area contributed by atoms with E-state index in [1.54, 1.807) is 0 Å². The van der Waals surface area contributed by atoms with Crippen molar-refractivity contribution in [1.29, 1.82) is 0 Å². The Morgan fingerprint density at radius 3 is 2.48 bits per heavy atom. The van der Waals surface area contributed by atoms with Crippen molar-refractivity contribution in [1.82, 2.24) is 0 Å². The maximum atomic E-state index is 10.1. The molecule has 0 spiro atoms. The van der Waals surface area contributed by atoms with Crippen LogP contribution >= 0.6 is 0 Å². The fraction of sp³-hybridized carbons (Fsp3) is 0.750. The highest BCUT2D eigenvalue weighted by Crippen LogP contribution is 2.34. The molecule has 0 aromatic heterocycles. The third kappa shape index (κ3) is 4.21. The fourth-order valence-electron chi connectivity index (χ4n) is 2.81. The van der Waals surface area contributed by atoms with Gasteiger partial charge in [0.1, 0.15) is 24.4 Å². The summed E-state index contributed by atoms with van der Waals surface area (Å²) < 4.78 is 45.9. The van der Waals surface area contributed by atoms with E-state index in [9.17, 15) is 30.6 Å². The van der Waals surface area contributed by atoms with Crippen LogP contribution in [0.15, 0.2) is 23.5 Å². The highest BCUT2D eigenvalue weighted by atomic mass is 16.8. The average molecular weight is 366 g/mol. The van der Waals surface area contributed by atoms with Crippen molar-refractivity contribution in [2.24, 2.45) is 5.92 Å². The topological polar surface area (TPSA) is 149 Å². The van der Waals surface area contributed by atoms with Gasteiger partial charge in [0.15, 0.2) is 6.29 Å². The molecule has 0 aromatic carbocycles. The van der Waals surface area contributed by atoms with E-state index in [4.69, 9.17) is 19.7 Å². The van der Waals surface area contributed by atoms with Crippen LogP contribution in [0.25, 0.3) is 0 Å². The third-order valence-electron chi connectivity index (χ3n) is 4.23. The van der Waals surface area contributed by atoms with Crippen LogP contribution in [-0.2, 0) is 14.2 Å². The zero-order valence-corrected chi connectivity index (χ0v) is 13.5. The Bertz CT molecular complexity index is 629. The Balaban J connectivity index is 2.30. The summed E-state index contributed by atoms with van der Waals surface area (Å²) >= 11 is 0. The van der Waals surface area contributed by atoms with E-state index in [0.717, 1.165) is 6.26 Å². The second kappa shape index (κ2) is 9.06. The Kier molecular flexibility index (Phi) is 5.46. The fourth-order valence-corrected chi connectivity index (χ4v) is 2.81. The van der Waals surface area contributed by atoms with E-state index in [1.807, 2.05) is 0 Å². The van der Waals surface area contributed by atoms with Crippen LogP contribution in [0.5, 0.6) is 0 Å². The van der Waals surface area contributed by atoms with Crippen molar-refractivity contribution in [2.75, 3.05) is 19.7 Å². The first-order valence-corrected chi connectivity index (χ1v) is 7.73. The van der Waals surface area contributed by atoms with Crippen LogP contribution < -0.4 is 0 Å². The van der Waals surface area contributed by atoms with Crippen molar-refractivity contribution in [3.05, 3.63) is 23.5 Å². The van der Waals surface area contributed by atoms with E-state index in [2.05, 4.69) is 0 Å². The lowest BCUT2D eigenvalue weighted by Crippen LogP contribution is -2.60. The summed E-state index contributed by atoms with van der Waals surface area (Å²) in [7, 11) is 0. The van der Waals surface area contributed by atoms with Crippen molar-refractivity contribution in [3.63, 3.8) is 0 Å². The maximum absolute atomic E-state index is 10.1. The highest BCUT2D eigenvalue weighted by molar-refractivity contribution is 5.25. The summed E-state index contributed by atoms with van der Waals surface area (Å²) in [6.45, 7) is -4.75. The van der Waals surface area contributed by atoms with Crippen molar-refractivity contribution in [3.8, 4) is 0 Å². The molecule has 7 atom stereocenters. The minimum Gasteiger partial charge on any atom is -0.468 e. The van der Waals surface area contributed by atoms with Gasteiger partial charge in [-0.25, -0.2) is 0 Å². The summed E-state index contributed by atoms with van der Waals surface area (Å²) in [6, 6.07) is 0. The summed E-state index contributed by atoms with van der Waals surface area (Å²) in [5.41, 5.74) is -0.229. The largest absolute Gasteiger partial charge is 0.468 e. The molecule has 0 bridgehead atoms. The molecule has 1 saturated heterocycles. The Labute approximate surface area is 151 Å². The van der Waals surface area contributed by atoms with Crippen LogP contribution in [0.2, 0.25) is 0 Å². The number of aliphatic hydroxyl groups is 6. The van der Waals surface area contributed by atoms with Gasteiger partial charge in [0.05, 0.1) is 24.9 Å². The van der Waals surface area contributed by atoms with Crippen LogP contribution in [0.1, 0.15) is 18.8 Å². The molecule has 0 amide bonds. The number of rotatable bonds is 6. The van der Waals surface area contributed by atoms with E-state index in [1.165, 1.54) is 13.0 Å². The lowest BCUT2D eigenvalue weighted by molar-refractivity contribution is -0.327.